The van der Waals surface area contributed by atoms with Crippen LogP contribution in [0.3, 0.4) is 0 Å². The number of aliphatic hydroxyl groups is 1. The number of aliphatic hydroxyl groups excluding tert-OH is 1. The van der Waals surface area contributed by atoms with E-state index in [1.54, 1.807) is 0 Å². The number of nitrogens with zero attached hydrogens (tertiary/aromatic N) is 2. The molecule has 0 radical (unpaired) electrons. The Morgan fingerprint density at radius 1 is 1.21 bits per heavy atom. The average Bonchev–Trinajstić information content (AvgIpc) is 2.42. The maximum Gasteiger partial charge on any atom is 0.0558 e. The van der Waals surface area contributed by atoms with Gasteiger partial charge in [-0.1, -0.05) is 12.8 Å². The number of hydrogen-bond donors (Lipinski definition) is 2. The lowest BCUT2D eigenvalue weighted by Gasteiger charge is -2.40. The van der Waals surface area contributed by atoms with Crippen LogP contribution in [-0.2, 0) is 0 Å². The molecule has 2 fully saturated rings. The van der Waals surface area contributed by atoms with E-state index in [9.17, 15) is 0 Å². The summed E-state index contributed by atoms with van der Waals surface area (Å²) >= 11 is 0. The summed E-state index contributed by atoms with van der Waals surface area (Å²) in [7, 11) is 2.13. The van der Waals surface area contributed by atoms with Gasteiger partial charge in [0.15, 0.2) is 0 Å². The zero-order valence-corrected chi connectivity index (χ0v) is 12.5. The van der Waals surface area contributed by atoms with Gasteiger partial charge in [-0.2, -0.15) is 0 Å². The summed E-state index contributed by atoms with van der Waals surface area (Å²) in [6, 6.07) is 1.39. The summed E-state index contributed by atoms with van der Waals surface area (Å²) in [5.74, 6) is 0. The maximum absolute atomic E-state index is 9.03. The predicted molar refractivity (Wildman–Crippen MR) is 79.4 cm³/mol. The van der Waals surface area contributed by atoms with E-state index < -0.39 is 0 Å². The summed E-state index contributed by atoms with van der Waals surface area (Å²) in [4.78, 5) is 4.97. The van der Waals surface area contributed by atoms with Crippen LogP contribution in [0, 0.1) is 0 Å². The molecule has 0 bridgehead atoms. The molecule has 0 spiro atoms. The Morgan fingerprint density at radius 2 is 2.05 bits per heavy atom. The van der Waals surface area contributed by atoms with Gasteiger partial charge < -0.3 is 15.3 Å². The molecule has 4 heteroatoms. The number of nitrogens with one attached hydrogen (secondary N) is 1. The molecule has 0 aliphatic carbocycles. The van der Waals surface area contributed by atoms with Gasteiger partial charge in [-0.15, -0.1) is 0 Å². The van der Waals surface area contributed by atoms with Crippen molar-refractivity contribution in [2.45, 2.75) is 50.6 Å². The van der Waals surface area contributed by atoms with Crippen LogP contribution in [0.2, 0.25) is 0 Å². The second-order valence-electron chi connectivity index (χ2n) is 6.28. The standard InChI is InChI=1S/C15H31N3O/c1-17(10-11-19)13-15-7-3-5-9-18(15)12-14-6-2-4-8-16-14/h14-16,19H,2-13H2,1H3. The quantitative estimate of drug-likeness (QED) is 0.752. The van der Waals surface area contributed by atoms with E-state index in [0.29, 0.717) is 12.1 Å². The minimum Gasteiger partial charge on any atom is -0.395 e. The molecule has 112 valence electrons. The lowest BCUT2D eigenvalue weighted by atomic mass is 9.98. The van der Waals surface area contributed by atoms with Crippen LogP contribution < -0.4 is 5.32 Å². The van der Waals surface area contributed by atoms with E-state index in [1.165, 1.54) is 58.2 Å². The van der Waals surface area contributed by atoms with Crippen LogP contribution in [0.25, 0.3) is 0 Å². The first-order chi connectivity index (χ1) is 9.29. The molecule has 0 aromatic heterocycles. The van der Waals surface area contributed by atoms with E-state index >= 15 is 0 Å². The van der Waals surface area contributed by atoms with Crippen LogP contribution in [0.4, 0.5) is 0 Å². The van der Waals surface area contributed by atoms with Crippen molar-refractivity contribution in [2.75, 3.05) is 46.4 Å². The van der Waals surface area contributed by atoms with Gasteiger partial charge in [-0.05, 0) is 45.8 Å². The van der Waals surface area contributed by atoms with Crippen LogP contribution in [0.1, 0.15) is 38.5 Å². The molecule has 19 heavy (non-hydrogen) atoms. The second kappa shape index (κ2) is 8.20. The van der Waals surface area contributed by atoms with Crippen molar-refractivity contribution in [3.8, 4) is 0 Å². The lowest BCUT2D eigenvalue weighted by molar-refractivity contribution is 0.0924. The summed E-state index contributed by atoms with van der Waals surface area (Å²) in [6.07, 6.45) is 8.12. The number of hydrogen-bond acceptors (Lipinski definition) is 4. The van der Waals surface area contributed by atoms with Crippen molar-refractivity contribution >= 4 is 0 Å². The Balaban J connectivity index is 1.80. The molecule has 2 rings (SSSR count). The average molecular weight is 269 g/mol. The van der Waals surface area contributed by atoms with Crippen LogP contribution in [-0.4, -0.2) is 73.4 Å². The molecule has 2 aliphatic rings. The fraction of sp³-hybridized carbons (Fsp3) is 1.00. The van der Waals surface area contributed by atoms with Gasteiger partial charge in [0.25, 0.3) is 0 Å². The largest absolute Gasteiger partial charge is 0.395 e. The van der Waals surface area contributed by atoms with Gasteiger partial charge in [-0.3, -0.25) is 4.90 Å². The molecule has 0 amide bonds. The van der Waals surface area contributed by atoms with Gasteiger partial charge in [0.1, 0.15) is 0 Å². The van der Waals surface area contributed by atoms with Crippen molar-refractivity contribution in [1.82, 2.24) is 15.1 Å². The normalized spacial score (nSPS) is 29.8. The number of likely N-dealkylation sites (tertiary alicyclic amines) is 1. The third-order valence-electron chi connectivity index (χ3n) is 4.62. The highest BCUT2D eigenvalue weighted by molar-refractivity contribution is 4.84. The molecular weight excluding hydrogens is 238 g/mol. The van der Waals surface area contributed by atoms with Crippen molar-refractivity contribution in [3.63, 3.8) is 0 Å². The lowest BCUT2D eigenvalue weighted by Crippen LogP contribution is -2.52. The Morgan fingerprint density at radius 3 is 2.79 bits per heavy atom. The zero-order chi connectivity index (χ0) is 13.5. The van der Waals surface area contributed by atoms with Crippen LogP contribution in [0.15, 0.2) is 0 Å². The first-order valence-corrected chi connectivity index (χ1v) is 8.06. The smallest absolute Gasteiger partial charge is 0.0558 e. The first-order valence-electron chi connectivity index (χ1n) is 8.06. The van der Waals surface area contributed by atoms with E-state index in [2.05, 4.69) is 22.2 Å². The van der Waals surface area contributed by atoms with Crippen molar-refractivity contribution in [3.05, 3.63) is 0 Å². The first kappa shape index (κ1) is 15.2. The fourth-order valence-electron chi connectivity index (χ4n) is 3.49. The second-order valence-corrected chi connectivity index (χ2v) is 6.28. The molecule has 2 heterocycles. The number of likely N-dealkylation sites (N-methyl/N-ethyl adjacent to an activating group) is 1. The SMILES string of the molecule is CN(CCO)CC1CCCCN1CC1CCCCN1. The monoisotopic (exact) mass is 269 g/mol. The third-order valence-corrected chi connectivity index (χ3v) is 4.62. The van der Waals surface area contributed by atoms with E-state index in [1.807, 2.05) is 0 Å². The number of piperidine rings is 2. The summed E-state index contributed by atoms with van der Waals surface area (Å²) in [5.41, 5.74) is 0. The molecule has 0 aromatic rings. The Hall–Kier alpha value is -0.160. The highest BCUT2D eigenvalue weighted by Gasteiger charge is 2.26. The highest BCUT2D eigenvalue weighted by atomic mass is 16.3. The minimum absolute atomic E-state index is 0.271. The summed E-state index contributed by atoms with van der Waals surface area (Å²) in [5, 5.41) is 12.7. The van der Waals surface area contributed by atoms with Crippen LogP contribution >= 0.6 is 0 Å². The number of rotatable bonds is 6. The molecule has 2 unspecified atom stereocenters. The van der Waals surface area contributed by atoms with Crippen molar-refractivity contribution < 1.29 is 5.11 Å². The topological polar surface area (TPSA) is 38.7 Å². The van der Waals surface area contributed by atoms with Gasteiger partial charge in [0.05, 0.1) is 6.61 Å². The minimum atomic E-state index is 0.271. The Bertz CT molecular complexity index is 244. The summed E-state index contributed by atoms with van der Waals surface area (Å²) < 4.78 is 0. The van der Waals surface area contributed by atoms with Crippen molar-refractivity contribution in [1.29, 1.82) is 0 Å². The molecule has 4 nitrogen and oxygen atoms in total. The third kappa shape index (κ3) is 5.03. The molecule has 0 saturated carbocycles. The highest BCUT2D eigenvalue weighted by Crippen LogP contribution is 2.19. The fourth-order valence-corrected chi connectivity index (χ4v) is 3.49. The molecule has 2 aliphatic heterocycles. The molecule has 0 aromatic carbocycles. The van der Waals surface area contributed by atoms with Gasteiger partial charge in [-0.25, -0.2) is 0 Å². The molecule has 2 atom stereocenters. The van der Waals surface area contributed by atoms with Gasteiger partial charge >= 0.3 is 0 Å². The summed E-state index contributed by atoms with van der Waals surface area (Å²) in [6.45, 7) is 5.85. The molecule has 2 N–H and O–H groups in total. The van der Waals surface area contributed by atoms with Crippen molar-refractivity contribution in [2.24, 2.45) is 0 Å². The Labute approximate surface area is 118 Å². The van der Waals surface area contributed by atoms with E-state index in [4.69, 9.17) is 5.11 Å². The predicted octanol–water partition coefficient (Wildman–Crippen LogP) is 0.907. The van der Waals surface area contributed by atoms with E-state index in [-0.39, 0.29) is 6.61 Å². The van der Waals surface area contributed by atoms with E-state index in [0.717, 1.165) is 13.1 Å². The zero-order valence-electron chi connectivity index (χ0n) is 12.5. The molecule has 2 saturated heterocycles. The Kier molecular flexibility index (Phi) is 6.57. The van der Waals surface area contributed by atoms with Gasteiger partial charge in [0, 0.05) is 31.7 Å². The van der Waals surface area contributed by atoms with Crippen LogP contribution in [0.5, 0.6) is 0 Å². The van der Waals surface area contributed by atoms with Gasteiger partial charge in [0.2, 0.25) is 0 Å². The molecular formula is C15H31N3O. The maximum atomic E-state index is 9.03.